The number of aryl methyl sites for hydroxylation is 4. The van der Waals surface area contributed by atoms with Gasteiger partial charge in [-0.3, -0.25) is 9.36 Å². The molecule has 1 fully saturated rings. The van der Waals surface area contributed by atoms with Gasteiger partial charge in [-0.1, -0.05) is 41.4 Å². The van der Waals surface area contributed by atoms with E-state index in [1.165, 1.54) is 30.4 Å². The summed E-state index contributed by atoms with van der Waals surface area (Å²) in [5.41, 5.74) is 5.24. The highest BCUT2D eigenvalue weighted by molar-refractivity contribution is 6.33. The van der Waals surface area contributed by atoms with Crippen LogP contribution in [0, 0.1) is 26.7 Å². The first-order chi connectivity index (χ1) is 14.9. The fourth-order valence-electron chi connectivity index (χ4n) is 4.65. The van der Waals surface area contributed by atoms with Crippen LogP contribution in [-0.2, 0) is 6.42 Å². The number of hydrogen-bond acceptors (Lipinski definition) is 3. The van der Waals surface area contributed by atoms with Crippen LogP contribution in [0.2, 0.25) is 5.02 Å². The second kappa shape index (κ2) is 9.27. The zero-order chi connectivity index (χ0) is 22.0. The van der Waals surface area contributed by atoms with Crippen molar-refractivity contribution in [1.29, 1.82) is 0 Å². The summed E-state index contributed by atoms with van der Waals surface area (Å²) in [6.07, 6.45) is 4.77. The third kappa shape index (κ3) is 5.01. The second-order valence-corrected chi connectivity index (χ2v) is 9.12. The molecule has 1 aliphatic heterocycles. The normalized spacial score (nSPS) is 14.8. The molecule has 162 valence electrons. The zero-order valence-electron chi connectivity index (χ0n) is 18.6. The largest absolute Gasteiger partial charge is 0.370 e. The van der Waals surface area contributed by atoms with Crippen LogP contribution in [-0.4, -0.2) is 22.6 Å². The summed E-state index contributed by atoms with van der Waals surface area (Å²) in [7, 11) is 0. The van der Waals surface area contributed by atoms with Crippen LogP contribution >= 0.6 is 11.6 Å². The zero-order valence-corrected chi connectivity index (χ0v) is 19.3. The highest BCUT2D eigenvalue weighted by Gasteiger charge is 2.21. The summed E-state index contributed by atoms with van der Waals surface area (Å²) in [5, 5.41) is 0.683. The molecule has 0 bridgehead atoms. The first-order valence-electron chi connectivity index (χ1n) is 11.1. The highest BCUT2D eigenvalue weighted by Crippen LogP contribution is 2.32. The highest BCUT2D eigenvalue weighted by atomic mass is 35.5. The Kier molecular flexibility index (Phi) is 6.47. The van der Waals surface area contributed by atoms with Crippen LogP contribution in [0.5, 0.6) is 0 Å². The van der Waals surface area contributed by atoms with Crippen LogP contribution in [0.4, 0.5) is 5.69 Å². The maximum atomic E-state index is 12.4. The van der Waals surface area contributed by atoms with Gasteiger partial charge in [0.2, 0.25) is 0 Å². The van der Waals surface area contributed by atoms with Crippen molar-refractivity contribution in [1.82, 2.24) is 9.55 Å². The Bertz CT molecular complexity index is 1130. The molecule has 4 rings (SSSR count). The van der Waals surface area contributed by atoms with Gasteiger partial charge in [0, 0.05) is 24.8 Å². The predicted octanol–water partition coefficient (Wildman–Crippen LogP) is 5.66. The number of anilines is 1. The molecule has 0 amide bonds. The fourth-order valence-corrected chi connectivity index (χ4v) is 4.94. The molecule has 5 heteroatoms. The molecule has 1 aliphatic rings. The van der Waals surface area contributed by atoms with E-state index >= 15 is 0 Å². The maximum Gasteiger partial charge on any atom is 0.258 e. The van der Waals surface area contributed by atoms with Gasteiger partial charge in [0.1, 0.15) is 5.82 Å². The van der Waals surface area contributed by atoms with Crippen LogP contribution in [0.3, 0.4) is 0 Å². The van der Waals surface area contributed by atoms with Crippen molar-refractivity contribution in [2.45, 2.75) is 46.5 Å². The summed E-state index contributed by atoms with van der Waals surface area (Å²) in [6.45, 7) is 7.87. The molecule has 0 saturated carbocycles. The van der Waals surface area contributed by atoms with Gasteiger partial charge in [-0.05, 0) is 76.1 Å². The van der Waals surface area contributed by atoms with Gasteiger partial charge in [-0.15, -0.1) is 0 Å². The van der Waals surface area contributed by atoms with Crippen molar-refractivity contribution in [2.75, 3.05) is 18.0 Å². The average Bonchev–Trinajstić information content (AvgIpc) is 2.72. The molecule has 0 radical (unpaired) electrons. The van der Waals surface area contributed by atoms with Gasteiger partial charge in [0.15, 0.2) is 0 Å². The Morgan fingerprint density at radius 3 is 2.48 bits per heavy atom. The quantitative estimate of drug-likeness (QED) is 0.519. The molecular weight excluding hydrogens is 406 g/mol. The van der Waals surface area contributed by atoms with Gasteiger partial charge in [0.25, 0.3) is 5.56 Å². The topological polar surface area (TPSA) is 38.1 Å². The number of rotatable bonds is 5. The van der Waals surface area contributed by atoms with E-state index in [-0.39, 0.29) is 5.56 Å². The van der Waals surface area contributed by atoms with Crippen LogP contribution in [0.1, 0.15) is 41.9 Å². The Morgan fingerprint density at radius 1 is 1.03 bits per heavy atom. The molecule has 4 nitrogen and oxygen atoms in total. The van der Waals surface area contributed by atoms with Crippen LogP contribution < -0.4 is 10.5 Å². The molecule has 3 aromatic rings. The Hall–Kier alpha value is -2.59. The number of hydrogen-bond donors (Lipinski definition) is 0. The molecule has 1 aromatic heterocycles. The Morgan fingerprint density at radius 2 is 1.81 bits per heavy atom. The summed E-state index contributed by atoms with van der Waals surface area (Å²) >= 11 is 6.66. The number of halogens is 1. The van der Waals surface area contributed by atoms with Crippen molar-refractivity contribution in [3.63, 3.8) is 0 Å². The summed E-state index contributed by atoms with van der Waals surface area (Å²) in [5.74, 6) is 1.43. The number of nitrogens with zero attached hydrogens (tertiary/aromatic N) is 3. The van der Waals surface area contributed by atoms with Gasteiger partial charge in [-0.2, -0.15) is 0 Å². The van der Waals surface area contributed by atoms with Crippen LogP contribution in [0.15, 0.2) is 53.3 Å². The third-order valence-electron chi connectivity index (χ3n) is 6.28. The minimum absolute atomic E-state index is 0.0803. The average molecular weight is 436 g/mol. The molecule has 0 unspecified atom stereocenters. The number of piperidine rings is 1. The first kappa shape index (κ1) is 21.6. The summed E-state index contributed by atoms with van der Waals surface area (Å²) < 4.78 is 1.61. The lowest BCUT2D eigenvalue weighted by molar-refractivity contribution is 0.382. The van der Waals surface area contributed by atoms with Crippen molar-refractivity contribution < 1.29 is 0 Å². The molecule has 1 saturated heterocycles. The SMILES string of the molecule is Cc1cccc(CCC2CCN(c3ccc(-n4c(C)nc(C)cc4=O)cc3Cl)CC2)c1. The van der Waals surface area contributed by atoms with Gasteiger partial charge < -0.3 is 4.90 Å². The lowest BCUT2D eigenvalue weighted by Crippen LogP contribution is -2.34. The fraction of sp³-hybridized carbons (Fsp3) is 0.385. The van der Waals surface area contributed by atoms with E-state index in [0.29, 0.717) is 10.8 Å². The molecule has 2 heterocycles. The van der Waals surface area contributed by atoms with Gasteiger partial charge in [0.05, 0.1) is 16.4 Å². The van der Waals surface area contributed by atoms with E-state index in [1.54, 1.807) is 10.6 Å². The lowest BCUT2D eigenvalue weighted by Gasteiger charge is -2.34. The van der Waals surface area contributed by atoms with E-state index in [0.717, 1.165) is 42.5 Å². The number of aromatic nitrogens is 2. The molecule has 0 spiro atoms. The Balaban J connectivity index is 1.40. The minimum atomic E-state index is -0.0803. The standard InChI is InChI=1S/C26H30ClN3O/c1-18-5-4-6-22(15-18)8-7-21-11-13-29(14-12-21)25-10-9-23(17-24(25)27)30-20(3)28-19(2)16-26(30)31/h4-6,9-10,15-17,21H,7-8,11-14H2,1-3H3. The van der Waals surface area contributed by atoms with E-state index < -0.39 is 0 Å². The molecule has 0 atom stereocenters. The van der Waals surface area contributed by atoms with Crippen molar-refractivity contribution >= 4 is 17.3 Å². The van der Waals surface area contributed by atoms with Gasteiger partial charge in [-0.25, -0.2) is 4.98 Å². The van der Waals surface area contributed by atoms with Gasteiger partial charge >= 0.3 is 0 Å². The predicted molar refractivity (Wildman–Crippen MR) is 129 cm³/mol. The number of benzene rings is 2. The van der Waals surface area contributed by atoms with Crippen molar-refractivity contribution in [2.24, 2.45) is 5.92 Å². The van der Waals surface area contributed by atoms with Crippen molar-refractivity contribution in [3.8, 4) is 5.69 Å². The molecule has 0 N–H and O–H groups in total. The van der Waals surface area contributed by atoms with Crippen molar-refractivity contribution in [3.05, 3.63) is 86.6 Å². The Labute approximate surface area is 189 Å². The summed E-state index contributed by atoms with van der Waals surface area (Å²) in [6, 6.07) is 16.3. The van der Waals surface area contributed by atoms with Crippen LogP contribution in [0.25, 0.3) is 5.69 Å². The van der Waals surface area contributed by atoms with E-state index in [1.807, 2.05) is 32.0 Å². The molecular formula is C26H30ClN3O. The van der Waals surface area contributed by atoms with E-state index in [4.69, 9.17) is 11.6 Å². The van der Waals surface area contributed by atoms with E-state index in [9.17, 15) is 4.79 Å². The molecule has 31 heavy (non-hydrogen) atoms. The molecule has 2 aromatic carbocycles. The lowest BCUT2D eigenvalue weighted by atomic mass is 9.90. The third-order valence-corrected chi connectivity index (χ3v) is 6.59. The monoisotopic (exact) mass is 435 g/mol. The first-order valence-corrected chi connectivity index (χ1v) is 11.5. The maximum absolute atomic E-state index is 12.4. The van der Waals surface area contributed by atoms with E-state index in [2.05, 4.69) is 41.1 Å². The smallest absolute Gasteiger partial charge is 0.258 e. The molecule has 0 aliphatic carbocycles. The minimum Gasteiger partial charge on any atom is -0.370 e. The second-order valence-electron chi connectivity index (χ2n) is 8.71. The summed E-state index contributed by atoms with van der Waals surface area (Å²) in [4.78, 5) is 19.2.